The Balaban J connectivity index is 1.47. The number of nitrogens with zero attached hydrogens (tertiary/aromatic N) is 1. The number of imidazole rings is 1. The second-order valence-corrected chi connectivity index (χ2v) is 5.90. The average Bonchev–Trinajstić information content (AvgIpc) is 3.23. The van der Waals surface area contributed by atoms with Crippen LogP contribution >= 0.6 is 0 Å². The third-order valence-corrected chi connectivity index (χ3v) is 4.37. The molecule has 3 aromatic rings. The van der Waals surface area contributed by atoms with Crippen molar-refractivity contribution in [2.75, 3.05) is 11.9 Å². The average molecular weight is 349 g/mol. The fraction of sp³-hybridized carbons (Fsp3) is 0.105. The summed E-state index contributed by atoms with van der Waals surface area (Å²) in [5.41, 5.74) is 4.42. The van der Waals surface area contributed by atoms with Gasteiger partial charge in [0.1, 0.15) is 12.3 Å². The summed E-state index contributed by atoms with van der Waals surface area (Å²) < 4.78 is 5.36. The summed E-state index contributed by atoms with van der Waals surface area (Å²) in [6.45, 7) is 0.173. The second-order valence-electron chi connectivity index (χ2n) is 5.90. The smallest absolute Gasteiger partial charge is 0.414 e. The largest absolute Gasteiger partial charge is 0.477 e. The predicted octanol–water partition coefficient (Wildman–Crippen LogP) is 3.47. The molecule has 0 radical (unpaired) electrons. The van der Waals surface area contributed by atoms with Gasteiger partial charge in [-0.3, -0.25) is 5.32 Å². The van der Waals surface area contributed by atoms with E-state index < -0.39 is 12.1 Å². The number of carboxylic acid groups (broad SMARTS) is 1. The number of carbonyl (C=O) groups excluding carboxylic acids is 1. The number of aromatic carboxylic acids is 1. The number of rotatable bonds is 4. The van der Waals surface area contributed by atoms with E-state index in [1.165, 1.54) is 0 Å². The Morgan fingerprint density at radius 1 is 1.08 bits per heavy atom. The molecule has 1 aliphatic rings. The fourth-order valence-electron chi connectivity index (χ4n) is 3.22. The van der Waals surface area contributed by atoms with E-state index in [2.05, 4.69) is 27.4 Å². The molecule has 1 aromatic heterocycles. The highest BCUT2D eigenvalue weighted by atomic mass is 16.5. The molecule has 0 fully saturated rings. The van der Waals surface area contributed by atoms with Crippen molar-refractivity contribution in [2.24, 2.45) is 0 Å². The number of fused-ring (bicyclic) bond motifs is 3. The summed E-state index contributed by atoms with van der Waals surface area (Å²) >= 11 is 0. The van der Waals surface area contributed by atoms with Gasteiger partial charge in [-0.05, 0) is 22.3 Å². The van der Waals surface area contributed by atoms with Crippen molar-refractivity contribution in [3.63, 3.8) is 0 Å². The van der Waals surface area contributed by atoms with Gasteiger partial charge < -0.3 is 14.8 Å². The van der Waals surface area contributed by atoms with E-state index in [1.54, 1.807) is 0 Å². The third-order valence-electron chi connectivity index (χ3n) is 4.37. The van der Waals surface area contributed by atoms with Crippen LogP contribution < -0.4 is 5.32 Å². The Hall–Kier alpha value is -3.61. The molecular weight excluding hydrogens is 334 g/mol. The minimum atomic E-state index is -1.15. The normalized spacial score (nSPS) is 12.3. The molecule has 1 aliphatic carbocycles. The number of aromatic amines is 1. The van der Waals surface area contributed by atoms with Gasteiger partial charge in [0.25, 0.3) is 0 Å². The molecule has 0 unspecified atom stereocenters. The molecule has 3 N–H and O–H groups in total. The molecule has 0 saturated carbocycles. The van der Waals surface area contributed by atoms with Crippen LogP contribution in [0.5, 0.6) is 0 Å². The SMILES string of the molecule is O=C(Nc1ncc(C(=O)O)[nH]1)OCC1c2ccccc2-c2ccccc21. The summed E-state index contributed by atoms with van der Waals surface area (Å²) in [5.74, 6) is -1.17. The first-order valence-corrected chi connectivity index (χ1v) is 8.04. The number of H-pyrrole nitrogens is 1. The summed E-state index contributed by atoms with van der Waals surface area (Å²) in [7, 11) is 0. The maximum Gasteiger partial charge on any atom is 0.414 e. The molecule has 0 bridgehead atoms. The number of anilines is 1. The van der Waals surface area contributed by atoms with E-state index in [-0.39, 0.29) is 24.2 Å². The van der Waals surface area contributed by atoms with Crippen molar-refractivity contribution in [2.45, 2.75) is 5.92 Å². The van der Waals surface area contributed by atoms with Crippen LogP contribution in [-0.2, 0) is 4.74 Å². The molecule has 0 spiro atoms. The Morgan fingerprint density at radius 3 is 2.27 bits per heavy atom. The van der Waals surface area contributed by atoms with Gasteiger partial charge in [0.15, 0.2) is 0 Å². The van der Waals surface area contributed by atoms with Crippen LogP contribution in [0.2, 0.25) is 0 Å². The minimum Gasteiger partial charge on any atom is -0.477 e. The Bertz CT molecular complexity index is 950. The molecule has 130 valence electrons. The highest BCUT2D eigenvalue weighted by Gasteiger charge is 2.29. The molecular formula is C19H15N3O4. The minimum absolute atomic E-state index is 0.0274. The van der Waals surface area contributed by atoms with Gasteiger partial charge in [0.05, 0.1) is 6.20 Å². The van der Waals surface area contributed by atoms with Crippen LogP contribution in [0.4, 0.5) is 10.7 Å². The predicted molar refractivity (Wildman–Crippen MR) is 94.2 cm³/mol. The summed E-state index contributed by atoms with van der Waals surface area (Å²) in [6.07, 6.45) is 0.430. The van der Waals surface area contributed by atoms with Gasteiger partial charge in [0.2, 0.25) is 5.95 Å². The van der Waals surface area contributed by atoms with Gasteiger partial charge in [0, 0.05) is 5.92 Å². The monoisotopic (exact) mass is 349 g/mol. The van der Waals surface area contributed by atoms with Gasteiger partial charge in [-0.2, -0.15) is 0 Å². The molecule has 7 nitrogen and oxygen atoms in total. The maximum absolute atomic E-state index is 12.0. The van der Waals surface area contributed by atoms with E-state index in [0.717, 1.165) is 28.5 Å². The summed E-state index contributed by atoms with van der Waals surface area (Å²) in [4.78, 5) is 29.1. The van der Waals surface area contributed by atoms with Gasteiger partial charge in [-0.25, -0.2) is 14.6 Å². The Morgan fingerprint density at radius 2 is 1.69 bits per heavy atom. The molecule has 7 heteroatoms. The van der Waals surface area contributed by atoms with Crippen molar-refractivity contribution >= 4 is 18.0 Å². The van der Waals surface area contributed by atoms with E-state index in [1.807, 2.05) is 36.4 Å². The molecule has 0 atom stereocenters. The first kappa shape index (κ1) is 15.9. The van der Waals surface area contributed by atoms with Crippen LogP contribution in [0.3, 0.4) is 0 Å². The number of hydrogen-bond donors (Lipinski definition) is 3. The van der Waals surface area contributed by atoms with Crippen LogP contribution in [0.25, 0.3) is 11.1 Å². The fourth-order valence-corrected chi connectivity index (χ4v) is 3.22. The van der Waals surface area contributed by atoms with E-state index in [9.17, 15) is 9.59 Å². The van der Waals surface area contributed by atoms with Crippen molar-refractivity contribution in [3.05, 3.63) is 71.5 Å². The topological polar surface area (TPSA) is 104 Å². The molecule has 0 aliphatic heterocycles. The molecule has 0 saturated heterocycles. The quantitative estimate of drug-likeness (QED) is 0.669. The van der Waals surface area contributed by atoms with Crippen LogP contribution in [0.1, 0.15) is 27.5 Å². The van der Waals surface area contributed by atoms with E-state index in [4.69, 9.17) is 9.84 Å². The molecule has 4 rings (SSSR count). The number of nitrogens with one attached hydrogen (secondary N) is 2. The number of hydrogen-bond acceptors (Lipinski definition) is 4. The number of carbonyl (C=O) groups is 2. The zero-order valence-corrected chi connectivity index (χ0v) is 13.6. The van der Waals surface area contributed by atoms with Gasteiger partial charge in [-0.1, -0.05) is 48.5 Å². The highest BCUT2D eigenvalue weighted by Crippen LogP contribution is 2.44. The van der Waals surface area contributed by atoms with Crippen molar-refractivity contribution in [1.82, 2.24) is 9.97 Å². The zero-order valence-electron chi connectivity index (χ0n) is 13.6. The zero-order chi connectivity index (χ0) is 18.1. The third kappa shape index (κ3) is 2.79. The second kappa shape index (κ2) is 6.36. The molecule has 26 heavy (non-hydrogen) atoms. The van der Waals surface area contributed by atoms with Crippen molar-refractivity contribution in [1.29, 1.82) is 0 Å². The van der Waals surface area contributed by atoms with E-state index in [0.29, 0.717) is 0 Å². The molecule has 1 heterocycles. The summed E-state index contributed by atoms with van der Waals surface area (Å²) in [5, 5.41) is 11.2. The summed E-state index contributed by atoms with van der Waals surface area (Å²) in [6, 6.07) is 16.1. The highest BCUT2D eigenvalue weighted by molar-refractivity contribution is 5.87. The molecule has 2 aromatic carbocycles. The maximum atomic E-state index is 12.0. The number of aromatic nitrogens is 2. The van der Waals surface area contributed by atoms with Gasteiger partial charge >= 0.3 is 12.1 Å². The lowest BCUT2D eigenvalue weighted by Gasteiger charge is -2.14. The lowest BCUT2D eigenvalue weighted by molar-refractivity contribution is 0.0691. The van der Waals surface area contributed by atoms with Crippen molar-refractivity contribution < 1.29 is 19.4 Å². The standard InChI is InChI=1S/C19H15N3O4/c23-17(24)16-9-20-18(21-16)22-19(25)26-10-15-13-7-3-1-5-11(13)12-6-2-4-8-14(12)15/h1-9,15H,10H2,(H,23,24)(H2,20,21,22,25). The lowest BCUT2D eigenvalue weighted by atomic mass is 9.98. The number of carboxylic acids is 1. The van der Waals surface area contributed by atoms with Crippen LogP contribution in [0, 0.1) is 0 Å². The van der Waals surface area contributed by atoms with E-state index >= 15 is 0 Å². The first-order chi connectivity index (χ1) is 12.6. The Labute approximate surface area is 148 Å². The van der Waals surface area contributed by atoms with Gasteiger partial charge in [-0.15, -0.1) is 0 Å². The Kier molecular flexibility index (Phi) is 3.89. The van der Waals surface area contributed by atoms with Crippen LogP contribution in [-0.4, -0.2) is 33.7 Å². The first-order valence-electron chi connectivity index (χ1n) is 8.04. The number of benzene rings is 2. The van der Waals surface area contributed by atoms with Crippen LogP contribution in [0.15, 0.2) is 54.7 Å². The lowest BCUT2D eigenvalue weighted by Crippen LogP contribution is -2.18. The number of amides is 1. The number of ether oxygens (including phenoxy) is 1. The van der Waals surface area contributed by atoms with Crippen molar-refractivity contribution in [3.8, 4) is 11.1 Å². The molecule has 1 amide bonds.